The van der Waals surface area contributed by atoms with Crippen LogP contribution >= 0.6 is 50.1 Å². The lowest BCUT2D eigenvalue weighted by Crippen LogP contribution is -2.02. The maximum absolute atomic E-state index is 10.4. The highest BCUT2D eigenvalue weighted by molar-refractivity contribution is 14.1. The molecule has 0 aliphatic rings. The van der Waals surface area contributed by atoms with Crippen LogP contribution in [0.15, 0.2) is 10.6 Å². The Balaban J connectivity index is 4.11. The zero-order valence-electron chi connectivity index (χ0n) is 4.77. The second-order valence-corrected chi connectivity index (χ2v) is 4.03. The number of nitrogens with one attached hydrogen (secondary N) is 1. The third-order valence-electron chi connectivity index (χ3n) is 0.660. The van der Waals surface area contributed by atoms with E-state index in [9.17, 15) is 4.79 Å². The second kappa shape index (κ2) is 5.26. The van der Waals surface area contributed by atoms with E-state index in [1.54, 1.807) is 6.08 Å². The van der Waals surface area contributed by atoms with E-state index < -0.39 is 5.24 Å². The molecule has 0 unspecified atom stereocenters. The summed E-state index contributed by atoms with van der Waals surface area (Å²) in [6.45, 7) is 0. The van der Waals surface area contributed by atoms with Crippen molar-refractivity contribution < 1.29 is 4.79 Å². The molecule has 5 heteroatoms. The predicted octanol–water partition coefficient (Wildman–Crippen LogP) is 2.48. The molecule has 0 saturated heterocycles. The molecule has 2 nitrogen and oxygen atoms in total. The van der Waals surface area contributed by atoms with Crippen molar-refractivity contribution in [1.29, 1.82) is 5.41 Å². The maximum Gasteiger partial charge on any atom is 0.238 e. The molecule has 10 heavy (non-hydrogen) atoms. The third-order valence-corrected chi connectivity index (χ3v) is 2.68. The van der Waals surface area contributed by atoms with Gasteiger partial charge < -0.3 is 5.41 Å². The van der Waals surface area contributed by atoms with Gasteiger partial charge in [0.2, 0.25) is 5.24 Å². The van der Waals surface area contributed by atoms with E-state index >= 15 is 0 Å². The molecule has 0 heterocycles. The first kappa shape index (κ1) is 10.6. The lowest BCUT2D eigenvalue weighted by molar-refractivity contribution is -0.110. The molecule has 0 aromatic heterocycles. The topological polar surface area (TPSA) is 40.9 Å². The quantitative estimate of drug-likeness (QED) is 0.366. The van der Waals surface area contributed by atoms with Crippen LogP contribution < -0.4 is 0 Å². The molecule has 0 aliphatic heterocycles. The highest BCUT2D eigenvalue weighted by Gasteiger charge is 2.07. The minimum absolute atomic E-state index is 0.366. The molecule has 0 saturated carbocycles. The number of alkyl halides is 1. The smallest absolute Gasteiger partial charge is 0.238 e. The van der Waals surface area contributed by atoms with Crippen molar-refractivity contribution in [3.63, 3.8) is 0 Å². The molecule has 0 spiro atoms. The van der Waals surface area contributed by atoms with E-state index in [0.29, 0.717) is 4.48 Å². The molecule has 1 N–H and O–H groups in total. The molecular weight excluding hydrogens is 332 g/mol. The number of rotatable bonds is 3. The Labute approximate surface area is 85.8 Å². The first-order chi connectivity index (χ1) is 4.57. The molecule has 0 rings (SSSR count). The van der Waals surface area contributed by atoms with Gasteiger partial charge >= 0.3 is 0 Å². The number of hydrogen-bond donors (Lipinski definition) is 1. The molecule has 0 bridgehead atoms. The summed E-state index contributed by atoms with van der Waals surface area (Å²) in [5.41, 5.74) is 0. The lowest BCUT2D eigenvalue weighted by Gasteiger charge is -1.94. The summed E-state index contributed by atoms with van der Waals surface area (Å²) in [6, 6.07) is 0. The van der Waals surface area contributed by atoms with Gasteiger partial charge in [-0.15, -0.1) is 0 Å². The number of hydrogen-bond acceptors (Lipinski definition) is 2. The monoisotopic (exact) mass is 335 g/mol. The predicted molar refractivity (Wildman–Crippen MR) is 54.5 cm³/mol. The van der Waals surface area contributed by atoms with Crippen molar-refractivity contribution in [3.05, 3.63) is 10.6 Å². The van der Waals surface area contributed by atoms with Crippen LogP contribution in [0.4, 0.5) is 0 Å². The summed E-state index contributed by atoms with van der Waals surface area (Å²) in [5.74, 6) is 0. The van der Waals surface area contributed by atoms with Crippen molar-refractivity contribution in [1.82, 2.24) is 0 Å². The van der Waals surface area contributed by atoms with Crippen molar-refractivity contribution in [2.24, 2.45) is 0 Å². The summed E-state index contributed by atoms with van der Waals surface area (Å²) in [7, 11) is 0. The zero-order valence-corrected chi connectivity index (χ0v) is 9.27. The molecular formula is C5H4BrClINO. The fourth-order valence-electron chi connectivity index (χ4n) is 0.253. The lowest BCUT2D eigenvalue weighted by atomic mass is 10.4. The van der Waals surface area contributed by atoms with Crippen LogP contribution in [-0.2, 0) is 4.79 Å². The van der Waals surface area contributed by atoms with Gasteiger partial charge in [0.15, 0.2) is 0 Å². The molecule has 0 fully saturated rings. The average molecular weight is 336 g/mol. The number of halogens is 3. The number of allylic oxidation sites excluding steroid dienone is 2. The number of carbonyl (C=O) groups is 1. The van der Waals surface area contributed by atoms with Crippen LogP contribution in [-0.4, -0.2) is 15.4 Å². The fraction of sp³-hybridized carbons (Fsp3) is 0.200. The maximum atomic E-state index is 10.4. The highest BCUT2D eigenvalue weighted by Crippen LogP contribution is 2.11. The van der Waals surface area contributed by atoms with Gasteiger partial charge in [-0.1, -0.05) is 22.6 Å². The first-order valence-corrected chi connectivity index (χ1v) is 4.70. The molecule has 0 aliphatic carbocycles. The SMILES string of the molecule is N=C/C(Br)=C\[C@@H](I)C(=O)Cl. The molecule has 56 valence electrons. The molecule has 0 radical (unpaired) electrons. The van der Waals surface area contributed by atoms with Gasteiger partial charge in [0.1, 0.15) is 3.92 Å². The van der Waals surface area contributed by atoms with Gasteiger partial charge in [-0.25, -0.2) is 0 Å². The molecule has 1 atom stereocenters. The first-order valence-electron chi connectivity index (χ1n) is 2.29. The summed E-state index contributed by atoms with van der Waals surface area (Å²) in [6.07, 6.45) is 2.66. The van der Waals surface area contributed by atoms with Crippen molar-refractivity contribution in [2.75, 3.05) is 0 Å². The molecule has 0 aromatic carbocycles. The van der Waals surface area contributed by atoms with E-state index in [1.807, 2.05) is 22.6 Å². The van der Waals surface area contributed by atoms with Crippen molar-refractivity contribution in [2.45, 2.75) is 3.92 Å². The Morgan fingerprint density at radius 1 is 1.80 bits per heavy atom. The van der Waals surface area contributed by atoms with E-state index in [1.165, 1.54) is 0 Å². The van der Waals surface area contributed by atoms with E-state index in [4.69, 9.17) is 17.0 Å². The Morgan fingerprint density at radius 3 is 2.60 bits per heavy atom. The van der Waals surface area contributed by atoms with E-state index in [0.717, 1.165) is 6.21 Å². The van der Waals surface area contributed by atoms with Crippen LogP contribution in [0.1, 0.15) is 0 Å². The van der Waals surface area contributed by atoms with Gasteiger partial charge in [0.25, 0.3) is 0 Å². The van der Waals surface area contributed by atoms with Gasteiger partial charge in [-0.05, 0) is 33.6 Å². The fourth-order valence-corrected chi connectivity index (χ4v) is 1.46. The minimum Gasteiger partial charge on any atom is -0.308 e. The average Bonchev–Trinajstić information content (AvgIpc) is 1.87. The van der Waals surface area contributed by atoms with Crippen LogP contribution in [0.25, 0.3) is 0 Å². The van der Waals surface area contributed by atoms with Crippen LogP contribution in [0, 0.1) is 5.41 Å². The Kier molecular flexibility index (Phi) is 5.56. The summed E-state index contributed by atoms with van der Waals surface area (Å²) in [4.78, 5) is 10.4. The Morgan fingerprint density at radius 2 is 2.30 bits per heavy atom. The minimum atomic E-state index is -0.431. The van der Waals surface area contributed by atoms with Gasteiger partial charge in [-0.2, -0.15) is 0 Å². The van der Waals surface area contributed by atoms with Crippen LogP contribution in [0.2, 0.25) is 0 Å². The van der Waals surface area contributed by atoms with Crippen LogP contribution in [0.3, 0.4) is 0 Å². The Bertz CT molecular complexity index is 182. The highest BCUT2D eigenvalue weighted by atomic mass is 127. The second-order valence-electron chi connectivity index (χ2n) is 1.40. The zero-order chi connectivity index (χ0) is 8.15. The summed E-state index contributed by atoms with van der Waals surface area (Å²) in [5, 5.41) is 6.31. The van der Waals surface area contributed by atoms with E-state index in [-0.39, 0.29) is 3.92 Å². The number of carbonyl (C=O) groups excluding carboxylic acids is 1. The van der Waals surface area contributed by atoms with Crippen molar-refractivity contribution >= 4 is 61.6 Å². The van der Waals surface area contributed by atoms with E-state index in [2.05, 4.69) is 15.9 Å². The van der Waals surface area contributed by atoms with Gasteiger partial charge in [0, 0.05) is 10.7 Å². The molecule has 0 amide bonds. The summed E-state index contributed by atoms with van der Waals surface area (Å²) >= 11 is 10.1. The molecule has 0 aromatic rings. The van der Waals surface area contributed by atoms with Gasteiger partial charge in [0.05, 0.1) is 0 Å². The normalized spacial score (nSPS) is 14.5. The largest absolute Gasteiger partial charge is 0.308 e. The van der Waals surface area contributed by atoms with Gasteiger partial charge in [-0.3, -0.25) is 4.79 Å². The van der Waals surface area contributed by atoms with Crippen LogP contribution in [0.5, 0.6) is 0 Å². The Hall–Kier alpha value is 0.580. The summed E-state index contributed by atoms with van der Waals surface area (Å²) < 4.78 is 0.191. The third kappa shape index (κ3) is 4.40. The van der Waals surface area contributed by atoms with Crippen molar-refractivity contribution in [3.8, 4) is 0 Å². The standard InChI is InChI=1S/C5H4BrClINO/c6-3(2-9)1-4(8)5(7)10/h1-2,4,9H/b3-1+,9-2?/t4-/m1/s1.